The summed E-state index contributed by atoms with van der Waals surface area (Å²) in [6, 6.07) is 9.79. The highest BCUT2D eigenvalue weighted by atomic mass is 19.4. The van der Waals surface area contributed by atoms with E-state index in [1.807, 2.05) is 0 Å². The quantitative estimate of drug-likeness (QED) is 0.405. The summed E-state index contributed by atoms with van der Waals surface area (Å²) in [5, 5.41) is 5.11. The van der Waals surface area contributed by atoms with Gasteiger partial charge < -0.3 is 10.2 Å². The largest absolute Gasteiger partial charge is 0.465 e. The van der Waals surface area contributed by atoms with E-state index in [1.54, 1.807) is 13.8 Å². The Labute approximate surface area is 186 Å². The van der Waals surface area contributed by atoms with Gasteiger partial charge in [0, 0.05) is 11.3 Å². The first-order valence-electron chi connectivity index (χ1n) is 9.56. The van der Waals surface area contributed by atoms with Gasteiger partial charge in [0.05, 0.1) is 35.2 Å². The molecule has 8 nitrogen and oxygen atoms in total. The van der Waals surface area contributed by atoms with Crippen molar-refractivity contribution in [3.05, 3.63) is 76.5 Å². The van der Waals surface area contributed by atoms with Crippen molar-refractivity contribution in [2.24, 2.45) is 5.10 Å². The van der Waals surface area contributed by atoms with E-state index in [0.717, 1.165) is 29.3 Å². The first-order valence-corrected chi connectivity index (χ1v) is 9.56. The highest BCUT2D eigenvalue weighted by Gasteiger charge is 2.33. The van der Waals surface area contributed by atoms with E-state index in [-0.39, 0.29) is 28.1 Å². The first kappa shape index (κ1) is 23.5. The van der Waals surface area contributed by atoms with Crippen LogP contribution in [0.25, 0.3) is 0 Å². The third-order valence-corrected chi connectivity index (χ3v) is 4.76. The number of rotatable bonds is 5. The zero-order chi connectivity index (χ0) is 24.3. The van der Waals surface area contributed by atoms with Crippen molar-refractivity contribution in [3.8, 4) is 0 Å². The molecule has 0 saturated carbocycles. The van der Waals surface area contributed by atoms with Crippen molar-refractivity contribution in [1.29, 1.82) is 0 Å². The van der Waals surface area contributed by atoms with Crippen molar-refractivity contribution < 1.29 is 32.3 Å². The van der Waals surface area contributed by atoms with Crippen LogP contribution < -0.4 is 15.9 Å². The Morgan fingerprint density at radius 1 is 0.970 bits per heavy atom. The molecule has 11 heteroatoms. The van der Waals surface area contributed by atoms with Gasteiger partial charge in [-0.1, -0.05) is 0 Å². The molecule has 0 bridgehead atoms. The number of hydrazone groups is 1. The Bertz CT molecular complexity index is 1150. The molecule has 33 heavy (non-hydrogen) atoms. The second-order valence-corrected chi connectivity index (χ2v) is 7.00. The Morgan fingerprint density at radius 2 is 1.55 bits per heavy atom. The highest BCUT2D eigenvalue weighted by Crippen LogP contribution is 2.32. The molecule has 2 N–H and O–H groups in total. The number of hydrazine groups is 1. The highest BCUT2D eigenvalue weighted by molar-refractivity contribution is 6.30. The monoisotopic (exact) mass is 460 g/mol. The van der Waals surface area contributed by atoms with E-state index in [1.165, 1.54) is 31.4 Å². The fraction of sp³-hybridized carbons (Fsp3) is 0.182. The topological polar surface area (TPSA) is 100 Å². The standard InChI is InChI=1S/C22H19F3N4O4/c1-12(26-27-19(30)14-4-6-15(7-5-14)21(32)33-3)18-13(2)28-29(20(18)31)17-10-8-16(9-11-17)22(23,24)25/h4-11,26H,1-3H3,(H,27,30). The summed E-state index contributed by atoms with van der Waals surface area (Å²) < 4.78 is 42.9. The summed E-state index contributed by atoms with van der Waals surface area (Å²) in [6.45, 7) is 3.11. The van der Waals surface area contributed by atoms with Gasteiger partial charge in [-0.2, -0.15) is 23.3 Å². The van der Waals surface area contributed by atoms with Gasteiger partial charge in [0.25, 0.3) is 11.8 Å². The van der Waals surface area contributed by atoms with Crippen molar-refractivity contribution in [3.63, 3.8) is 0 Å². The summed E-state index contributed by atoms with van der Waals surface area (Å²) in [7, 11) is 1.25. The van der Waals surface area contributed by atoms with Gasteiger partial charge in [0.2, 0.25) is 0 Å². The molecule has 0 aromatic heterocycles. The molecule has 1 heterocycles. The molecule has 0 radical (unpaired) electrons. The molecule has 0 unspecified atom stereocenters. The number of nitrogens with one attached hydrogen (secondary N) is 2. The van der Waals surface area contributed by atoms with Gasteiger partial charge >= 0.3 is 12.1 Å². The van der Waals surface area contributed by atoms with Crippen molar-refractivity contribution in [1.82, 2.24) is 10.9 Å². The number of carbonyl (C=O) groups excluding carboxylic acids is 3. The molecule has 0 saturated heterocycles. The lowest BCUT2D eigenvalue weighted by Gasteiger charge is -2.14. The molecule has 1 aliphatic rings. The Balaban J connectivity index is 1.70. The number of allylic oxidation sites excluding steroid dienone is 1. The number of halogens is 3. The predicted octanol–water partition coefficient (Wildman–Crippen LogP) is 3.42. The SMILES string of the molecule is COC(=O)c1ccc(C(=O)NNC(C)=C2C(=O)N(c3ccc(C(F)(F)F)cc3)N=C2C)cc1. The number of methoxy groups -OCH3 is 1. The molecule has 2 amide bonds. The van der Waals surface area contributed by atoms with Gasteiger partial charge in [-0.05, 0) is 62.4 Å². The van der Waals surface area contributed by atoms with E-state index in [4.69, 9.17) is 0 Å². The number of amides is 2. The van der Waals surface area contributed by atoms with E-state index in [0.29, 0.717) is 5.71 Å². The van der Waals surface area contributed by atoms with Crippen LogP contribution in [0.5, 0.6) is 0 Å². The Kier molecular flexibility index (Phi) is 6.52. The van der Waals surface area contributed by atoms with E-state index in [9.17, 15) is 27.6 Å². The van der Waals surface area contributed by atoms with Gasteiger partial charge in [0.15, 0.2) is 0 Å². The van der Waals surface area contributed by atoms with Crippen LogP contribution in [0, 0.1) is 0 Å². The van der Waals surface area contributed by atoms with Gasteiger partial charge in [-0.3, -0.25) is 15.0 Å². The maximum atomic E-state index is 12.8. The van der Waals surface area contributed by atoms with Crippen LogP contribution in [0.15, 0.2) is 64.9 Å². The molecule has 0 atom stereocenters. The summed E-state index contributed by atoms with van der Waals surface area (Å²) in [5.74, 6) is -1.62. The van der Waals surface area contributed by atoms with E-state index < -0.39 is 29.5 Å². The lowest BCUT2D eigenvalue weighted by atomic mass is 10.1. The number of hydrogen-bond acceptors (Lipinski definition) is 6. The van der Waals surface area contributed by atoms with Crippen LogP contribution in [0.2, 0.25) is 0 Å². The second kappa shape index (κ2) is 9.15. The average molecular weight is 460 g/mol. The Morgan fingerprint density at radius 3 is 2.09 bits per heavy atom. The maximum Gasteiger partial charge on any atom is 0.416 e. The number of esters is 1. The smallest absolute Gasteiger partial charge is 0.416 e. The van der Waals surface area contributed by atoms with Crippen molar-refractivity contribution in [2.75, 3.05) is 12.1 Å². The number of nitrogens with zero attached hydrogens (tertiary/aromatic N) is 2. The first-order chi connectivity index (χ1) is 15.5. The number of carbonyl (C=O) groups is 3. The molecule has 0 fully saturated rings. The lowest BCUT2D eigenvalue weighted by molar-refractivity contribution is -0.137. The molecule has 2 aromatic carbocycles. The fourth-order valence-corrected chi connectivity index (χ4v) is 3.07. The van der Waals surface area contributed by atoms with Crippen LogP contribution in [0.3, 0.4) is 0 Å². The Hall–Kier alpha value is -4.15. The lowest BCUT2D eigenvalue weighted by Crippen LogP contribution is -2.37. The second-order valence-electron chi connectivity index (χ2n) is 7.00. The maximum absolute atomic E-state index is 12.8. The minimum Gasteiger partial charge on any atom is -0.465 e. The molecule has 0 aliphatic carbocycles. The van der Waals surface area contributed by atoms with E-state index in [2.05, 4.69) is 20.7 Å². The zero-order valence-electron chi connectivity index (χ0n) is 17.8. The summed E-state index contributed by atoms with van der Waals surface area (Å²) >= 11 is 0. The van der Waals surface area contributed by atoms with Crippen LogP contribution in [0.4, 0.5) is 18.9 Å². The molecular weight excluding hydrogens is 441 g/mol. The van der Waals surface area contributed by atoms with Crippen LogP contribution in [-0.4, -0.2) is 30.6 Å². The predicted molar refractivity (Wildman–Crippen MR) is 113 cm³/mol. The summed E-state index contributed by atoms with van der Waals surface area (Å²) in [5.41, 5.74) is 5.73. The molecule has 172 valence electrons. The number of anilines is 1. The zero-order valence-corrected chi connectivity index (χ0v) is 17.8. The number of hydrogen-bond donors (Lipinski definition) is 2. The van der Waals surface area contributed by atoms with Crippen molar-refractivity contribution in [2.45, 2.75) is 20.0 Å². The third-order valence-electron chi connectivity index (χ3n) is 4.76. The van der Waals surface area contributed by atoms with Crippen LogP contribution in [0.1, 0.15) is 40.1 Å². The average Bonchev–Trinajstić information content (AvgIpc) is 3.10. The minimum atomic E-state index is -4.49. The number of alkyl halides is 3. The molecular formula is C22H19F3N4O4. The minimum absolute atomic E-state index is 0.163. The third kappa shape index (κ3) is 5.03. The van der Waals surface area contributed by atoms with Gasteiger partial charge in [-0.25, -0.2) is 4.79 Å². The van der Waals surface area contributed by atoms with Gasteiger partial charge in [0.1, 0.15) is 0 Å². The fourth-order valence-electron chi connectivity index (χ4n) is 3.07. The van der Waals surface area contributed by atoms with Gasteiger partial charge in [-0.15, -0.1) is 0 Å². The summed E-state index contributed by atoms with van der Waals surface area (Å²) in [4.78, 5) is 36.6. The van der Waals surface area contributed by atoms with Crippen LogP contribution >= 0.6 is 0 Å². The summed E-state index contributed by atoms with van der Waals surface area (Å²) in [6.07, 6.45) is -4.49. The molecule has 1 aliphatic heterocycles. The molecule has 3 rings (SSSR count). The van der Waals surface area contributed by atoms with Crippen molar-refractivity contribution >= 4 is 29.2 Å². The molecule has 0 spiro atoms. The number of benzene rings is 2. The molecule has 2 aromatic rings. The normalized spacial score (nSPS) is 15.2. The van der Waals surface area contributed by atoms with E-state index >= 15 is 0 Å². The van der Waals surface area contributed by atoms with Crippen LogP contribution in [-0.2, 0) is 15.7 Å². The number of ether oxygens (including phenoxy) is 1.